The number of benzene rings is 1. The molecule has 0 aromatic heterocycles. The minimum absolute atomic E-state index is 0. The lowest BCUT2D eigenvalue weighted by Crippen LogP contribution is -2.49. The summed E-state index contributed by atoms with van der Waals surface area (Å²) in [6, 6.07) is 9.22. The number of halogens is 2. The lowest BCUT2D eigenvalue weighted by Gasteiger charge is -2.33. The Hall–Kier alpha value is -0.530. The highest BCUT2D eigenvalue weighted by Crippen LogP contribution is 2.41. The lowest BCUT2D eigenvalue weighted by atomic mass is 10.0. The zero-order valence-corrected chi connectivity index (χ0v) is 19.0. The van der Waals surface area contributed by atoms with Crippen LogP contribution >= 0.6 is 35.6 Å². The summed E-state index contributed by atoms with van der Waals surface area (Å²) in [6.07, 6.45) is 6.15. The molecular weight excluding hydrogens is 459 g/mol. The quantitative estimate of drug-likeness (QED) is 0.356. The van der Waals surface area contributed by atoms with Gasteiger partial charge in [-0.3, -0.25) is 4.99 Å². The first-order chi connectivity index (χ1) is 12.2. The Labute approximate surface area is 180 Å². The zero-order valence-electron chi connectivity index (χ0n) is 15.9. The first-order valence-electron chi connectivity index (χ1n) is 9.67. The van der Waals surface area contributed by atoms with Crippen LogP contribution in [0.25, 0.3) is 0 Å². The van der Waals surface area contributed by atoms with Crippen molar-refractivity contribution in [3.63, 3.8) is 0 Å². The number of hydrogen-bond donors (Lipinski definition) is 2. The molecule has 1 aliphatic carbocycles. The first-order valence-corrected chi connectivity index (χ1v) is 10.0. The number of rotatable bonds is 6. The topological polar surface area (TPSA) is 39.7 Å². The summed E-state index contributed by atoms with van der Waals surface area (Å²) < 4.78 is 0. The SMILES string of the molecule is CCCCN1CCC(NC(=NC)NC2CC2c2cccc(Cl)c2)CC1.I. The van der Waals surface area contributed by atoms with E-state index in [9.17, 15) is 0 Å². The Morgan fingerprint density at radius 2 is 2.04 bits per heavy atom. The molecule has 0 bridgehead atoms. The summed E-state index contributed by atoms with van der Waals surface area (Å²) in [6.45, 7) is 5.91. The molecule has 0 amide bonds. The van der Waals surface area contributed by atoms with Crippen LogP contribution < -0.4 is 10.6 Å². The molecule has 1 aromatic rings. The van der Waals surface area contributed by atoms with Crippen LogP contribution in [0.2, 0.25) is 5.02 Å². The number of likely N-dealkylation sites (tertiary alicyclic amines) is 1. The van der Waals surface area contributed by atoms with Gasteiger partial charge in [-0.15, -0.1) is 24.0 Å². The van der Waals surface area contributed by atoms with E-state index in [1.165, 1.54) is 50.9 Å². The van der Waals surface area contributed by atoms with E-state index in [4.69, 9.17) is 11.6 Å². The van der Waals surface area contributed by atoms with Crippen LogP contribution in [0.5, 0.6) is 0 Å². The summed E-state index contributed by atoms with van der Waals surface area (Å²) in [5.74, 6) is 1.50. The van der Waals surface area contributed by atoms with E-state index in [0.717, 1.165) is 17.4 Å². The van der Waals surface area contributed by atoms with Crippen molar-refractivity contribution in [2.45, 2.75) is 57.0 Å². The van der Waals surface area contributed by atoms with Gasteiger partial charge in [-0.05, 0) is 49.9 Å². The average Bonchev–Trinajstić information content (AvgIpc) is 3.40. The molecule has 1 heterocycles. The molecule has 0 radical (unpaired) electrons. The number of nitrogens with zero attached hydrogens (tertiary/aromatic N) is 2. The molecule has 2 aliphatic rings. The molecule has 6 heteroatoms. The van der Waals surface area contributed by atoms with Gasteiger partial charge >= 0.3 is 0 Å². The van der Waals surface area contributed by atoms with Crippen LogP contribution in [-0.2, 0) is 0 Å². The molecule has 146 valence electrons. The summed E-state index contributed by atoms with van der Waals surface area (Å²) in [7, 11) is 1.86. The van der Waals surface area contributed by atoms with Gasteiger partial charge in [0.15, 0.2) is 5.96 Å². The number of hydrogen-bond acceptors (Lipinski definition) is 2. The second kappa shape index (κ2) is 10.7. The van der Waals surface area contributed by atoms with Crippen molar-refractivity contribution >= 4 is 41.5 Å². The van der Waals surface area contributed by atoms with Gasteiger partial charge in [-0.25, -0.2) is 0 Å². The zero-order chi connectivity index (χ0) is 17.6. The Morgan fingerprint density at radius 3 is 2.69 bits per heavy atom. The summed E-state index contributed by atoms with van der Waals surface area (Å²) >= 11 is 6.11. The van der Waals surface area contributed by atoms with Gasteiger partial charge in [-0.1, -0.05) is 37.1 Å². The standard InChI is InChI=1S/C20H31ClN4.HI/c1-3-4-10-25-11-8-17(9-12-25)23-20(22-2)24-19-14-18(19)15-6-5-7-16(21)13-15;/h5-7,13,17-19H,3-4,8-12,14H2,1-2H3,(H2,22,23,24);1H. The van der Waals surface area contributed by atoms with E-state index in [1.54, 1.807) is 0 Å². The monoisotopic (exact) mass is 490 g/mol. The maximum Gasteiger partial charge on any atom is 0.191 e. The Balaban J connectivity index is 0.00000243. The fourth-order valence-electron chi connectivity index (χ4n) is 3.68. The molecule has 3 rings (SSSR count). The highest BCUT2D eigenvalue weighted by molar-refractivity contribution is 14.0. The average molecular weight is 491 g/mol. The first kappa shape index (κ1) is 21.8. The van der Waals surface area contributed by atoms with E-state index in [-0.39, 0.29) is 24.0 Å². The van der Waals surface area contributed by atoms with Crippen molar-refractivity contribution in [3.05, 3.63) is 34.9 Å². The molecule has 4 nitrogen and oxygen atoms in total. The summed E-state index contributed by atoms with van der Waals surface area (Å²) in [5, 5.41) is 8.03. The maximum atomic E-state index is 6.11. The molecular formula is C20H32ClIN4. The molecule has 2 atom stereocenters. The van der Waals surface area contributed by atoms with Crippen molar-refractivity contribution < 1.29 is 0 Å². The predicted octanol–water partition coefficient (Wildman–Crippen LogP) is 4.24. The normalized spacial score (nSPS) is 24.0. The number of nitrogens with one attached hydrogen (secondary N) is 2. The third kappa shape index (κ3) is 6.27. The van der Waals surface area contributed by atoms with Crippen LogP contribution in [0.3, 0.4) is 0 Å². The second-order valence-electron chi connectivity index (χ2n) is 7.33. The second-order valence-corrected chi connectivity index (χ2v) is 7.77. The summed E-state index contributed by atoms with van der Waals surface area (Å²) in [5.41, 5.74) is 1.32. The fourth-order valence-corrected chi connectivity index (χ4v) is 3.88. The van der Waals surface area contributed by atoms with Gasteiger partial charge in [0.05, 0.1) is 0 Å². The van der Waals surface area contributed by atoms with Crippen LogP contribution in [0, 0.1) is 0 Å². The Morgan fingerprint density at radius 1 is 1.27 bits per heavy atom. The highest BCUT2D eigenvalue weighted by Gasteiger charge is 2.39. The van der Waals surface area contributed by atoms with Crippen molar-refractivity contribution in [1.82, 2.24) is 15.5 Å². The smallest absolute Gasteiger partial charge is 0.191 e. The van der Waals surface area contributed by atoms with Crippen molar-refractivity contribution in [2.24, 2.45) is 4.99 Å². The van der Waals surface area contributed by atoms with Crippen LogP contribution in [-0.4, -0.2) is 49.6 Å². The number of guanidine groups is 1. The minimum Gasteiger partial charge on any atom is -0.354 e. The fraction of sp³-hybridized carbons (Fsp3) is 0.650. The highest BCUT2D eigenvalue weighted by atomic mass is 127. The third-order valence-corrected chi connectivity index (χ3v) is 5.60. The van der Waals surface area contributed by atoms with Gasteiger partial charge in [0.1, 0.15) is 0 Å². The van der Waals surface area contributed by atoms with Crippen molar-refractivity contribution in [2.75, 3.05) is 26.7 Å². The van der Waals surface area contributed by atoms with Gasteiger partial charge in [0, 0.05) is 43.2 Å². The largest absolute Gasteiger partial charge is 0.354 e. The third-order valence-electron chi connectivity index (χ3n) is 5.37. The molecule has 0 spiro atoms. The molecule has 1 saturated carbocycles. The molecule has 2 unspecified atom stereocenters. The number of piperidine rings is 1. The minimum atomic E-state index is 0. The number of unbranched alkanes of at least 4 members (excludes halogenated alkanes) is 1. The van der Waals surface area contributed by atoms with E-state index in [1.807, 2.05) is 19.2 Å². The van der Waals surface area contributed by atoms with E-state index in [0.29, 0.717) is 18.0 Å². The van der Waals surface area contributed by atoms with Gasteiger partial charge in [0.2, 0.25) is 0 Å². The Kier molecular flexibility index (Phi) is 8.97. The molecule has 2 N–H and O–H groups in total. The Bertz CT molecular complexity index is 587. The maximum absolute atomic E-state index is 6.11. The van der Waals surface area contributed by atoms with Crippen molar-refractivity contribution in [1.29, 1.82) is 0 Å². The molecule has 1 aliphatic heterocycles. The van der Waals surface area contributed by atoms with E-state index < -0.39 is 0 Å². The molecule has 1 aromatic carbocycles. The van der Waals surface area contributed by atoms with Gasteiger partial charge < -0.3 is 15.5 Å². The van der Waals surface area contributed by atoms with Gasteiger partial charge in [-0.2, -0.15) is 0 Å². The van der Waals surface area contributed by atoms with E-state index >= 15 is 0 Å². The van der Waals surface area contributed by atoms with Crippen LogP contribution in [0.4, 0.5) is 0 Å². The summed E-state index contributed by atoms with van der Waals surface area (Å²) in [4.78, 5) is 7.02. The van der Waals surface area contributed by atoms with Gasteiger partial charge in [0.25, 0.3) is 0 Å². The molecule has 26 heavy (non-hydrogen) atoms. The van der Waals surface area contributed by atoms with E-state index in [2.05, 4.69) is 39.6 Å². The lowest BCUT2D eigenvalue weighted by molar-refractivity contribution is 0.203. The van der Waals surface area contributed by atoms with Crippen LogP contribution in [0.15, 0.2) is 29.3 Å². The number of aliphatic imine (C=N–C) groups is 1. The molecule has 1 saturated heterocycles. The molecule has 2 fully saturated rings. The van der Waals surface area contributed by atoms with Crippen molar-refractivity contribution in [3.8, 4) is 0 Å². The van der Waals surface area contributed by atoms with Crippen LogP contribution in [0.1, 0.15) is 50.5 Å². The predicted molar refractivity (Wildman–Crippen MR) is 122 cm³/mol.